The normalized spacial score (nSPS) is 20.7. The van der Waals surface area contributed by atoms with Crippen LogP contribution >= 0.6 is 0 Å². The second kappa shape index (κ2) is 9.82. The lowest BCUT2D eigenvalue weighted by molar-refractivity contribution is -0.136. The number of carbonyl (C=O) groups excluding carboxylic acids is 3. The maximum absolute atomic E-state index is 13.0. The highest BCUT2D eigenvalue weighted by Crippen LogP contribution is 2.31. The zero-order chi connectivity index (χ0) is 25.4. The van der Waals surface area contributed by atoms with Gasteiger partial charge in [0.05, 0.1) is 5.69 Å². The number of amides is 3. The van der Waals surface area contributed by atoms with Crippen molar-refractivity contribution in [2.45, 2.75) is 50.7 Å². The quantitative estimate of drug-likeness (QED) is 0.541. The van der Waals surface area contributed by atoms with Crippen molar-refractivity contribution in [2.24, 2.45) is 0 Å². The van der Waals surface area contributed by atoms with E-state index in [1.807, 2.05) is 42.9 Å². The predicted octanol–water partition coefficient (Wildman–Crippen LogP) is 2.68. The Morgan fingerprint density at radius 2 is 1.73 bits per heavy atom. The molecule has 3 aromatic rings. The van der Waals surface area contributed by atoms with Crippen molar-refractivity contribution in [3.8, 4) is 11.3 Å². The fourth-order valence-electron chi connectivity index (χ4n) is 5.59. The first-order valence-electron chi connectivity index (χ1n) is 12.8. The summed E-state index contributed by atoms with van der Waals surface area (Å²) < 4.78 is 0. The minimum Gasteiger partial charge on any atom is -0.322 e. The Morgan fingerprint density at radius 1 is 0.919 bits per heavy atom. The molecule has 0 aliphatic carbocycles. The van der Waals surface area contributed by atoms with E-state index >= 15 is 0 Å². The van der Waals surface area contributed by atoms with Gasteiger partial charge >= 0.3 is 0 Å². The highest BCUT2D eigenvalue weighted by atomic mass is 16.2. The van der Waals surface area contributed by atoms with Crippen LogP contribution in [0.2, 0.25) is 0 Å². The highest BCUT2D eigenvalue weighted by Gasteiger charge is 2.39. The van der Waals surface area contributed by atoms with Gasteiger partial charge in [-0.15, -0.1) is 0 Å². The van der Waals surface area contributed by atoms with Crippen LogP contribution in [0.5, 0.6) is 0 Å². The molecule has 9 nitrogen and oxygen atoms in total. The first-order chi connectivity index (χ1) is 18.0. The zero-order valence-corrected chi connectivity index (χ0v) is 20.5. The van der Waals surface area contributed by atoms with E-state index in [0.29, 0.717) is 24.4 Å². The van der Waals surface area contributed by atoms with Gasteiger partial charge in [-0.25, -0.2) is 9.97 Å². The van der Waals surface area contributed by atoms with Crippen LogP contribution in [-0.2, 0) is 22.7 Å². The number of imide groups is 1. The molecule has 1 aromatic carbocycles. The first kappa shape index (κ1) is 23.4. The topological polar surface area (TPSA) is 108 Å². The number of nitrogens with zero attached hydrogens (tertiary/aromatic N) is 5. The summed E-state index contributed by atoms with van der Waals surface area (Å²) in [5.74, 6) is 0.515. The standard InChI is InChI=1S/C28H28N6O3/c35-25-5-4-24(27(36)32-25)34-17-21-15-20(2-3-22(21)28(34)37)23-14-18(6-11-29-23)16-33-12-7-19(8-13-33)26-30-9-1-10-31-26/h1-3,6,9-11,14-15,19,24H,4-5,7-8,12-13,16-17H2,(H,32,35,36). The second-order valence-electron chi connectivity index (χ2n) is 9.98. The highest BCUT2D eigenvalue weighted by molar-refractivity contribution is 6.05. The lowest BCUT2D eigenvalue weighted by Crippen LogP contribution is -2.52. The summed E-state index contributed by atoms with van der Waals surface area (Å²) in [4.78, 5) is 54.3. The number of carbonyl (C=O) groups is 3. The number of fused-ring (bicyclic) bond motifs is 1. The van der Waals surface area contributed by atoms with Crippen molar-refractivity contribution in [1.29, 1.82) is 0 Å². The van der Waals surface area contributed by atoms with Gasteiger partial charge in [0.25, 0.3) is 5.91 Å². The summed E-state index contributed by atoms with van der Waals surface area (Å²) in [6.45, 7) is 3.20. The summed E-state index contributed by atoms with van der Waals surface area (Å²) in [7, 11) is 0. The SMILES string of the molecule is O=C1CCC(N2Cc3cc(-c4cc(CN5CCC(c6ncccn6)CC5)ccn4)ccc3C2=O)C(=O)N1. The van der Waals surface area contributed by atoms with E-state index < -0.39 is 11.9 Å². The Bertz CT molecular complexity index is 1350. The maximum atomic E-state index is 13.0. The Hall–Kier alpha value is -3.98. The number of nitrogens with one attached hydrogen (secondary N) is 1. The average Bonchev–Trinajstić information content (AvgIpc) is 3.25. The van der Waals surface area contributed by atoms with Gasteiger partial charge in [0.2, 0.25) is 11.8 Å². The van der Waals surface area contributed by atoms with E-state index in [-0.39, 0.29) is 18.2 Å². The Morgan fingerprint density at radius 3 is 2.51 bits per heavy atom. The summed E-state index contributed by atoms with van der Waals surface area (Å²) in [6, 6.07) is 11.1. The molecule has 37 heavy (non-hydrogen) atoms. The Labute approximate surface area is 214 Å². The van der Waals surface area contributed by atoms with Gasteiger partial charge in [-0.3, -0.25) is 29.6 Å². The van der Waals surface area contributed by atoms with Gasteiger partial charge in [-0.2, -0.15) is 0 Å². The molecule has 5 heterocycles. The molecular formula is C28H28N6O3. The molecule has 3 aliphatic heterocycles. The van der Waals surface area contributed by atoms with Crippen molar-refractivity contribution in [3.05, 3.63) is 77.5 Å². The molecule has 1 atom stereocenters. The van der Waals surface area contributed by atoms with Crippen molar-refractivity contribution in [3.63, 3.8) is 0 Å². The van der Waals surface area contributed by atoms with Crippen LogP contribution in [-0.4, -0.2) is 61.6 Å². The number of aromatic nitrogens is 3. The van der Waals surface area contributed by atoms with E-state index in [1.54, 1.807) is 4.90 Å². The van der Waals surface area contributed by atoms with Crippen molar-refractivity contribution < 1.29 is 14.4 Å². The van der Waals surface area contributed by atoms with Crippen molar-refractivity contribution in [2.75, 3.05) is 13.1 Å². The Balaban J connectivity index is 1.13. The third-order valence-corrected chi connectivity index (χ3v) is 7.59. The number of rotatable bonds is 5. The van der Waals surface area contributed by atoms with Crippen molar-refractivity contribution >= 4 is 17.7 Å². The summed E-state index contributed by atoms with van der Waals surface area (Å²) >= 11 is 0. The molecule has 3 aliphatic rings. The van der Waals surface area contributed by atoms with E-state index in [1.165, 1.54) is 5.56 Å². The lowest BCUT2D eigenvalue weighted by atomic mass is 9.95. The fourth-order valence-corrected chi connectivity index (χ4v) is 5.59. The van der Waals surface area contributed by atoms with Crippen molar-refractivity contribution in [1.82, 2.24) is 30.1 Å². The minimum absolute atomic E-state index is 0.165. The molecule has 0 bridgehead atoms. The molecule has 3 amide bonds. The van der Waals surface area contributed by atoms with Gasteiger partial charge in [-0.1, -0.05) is 6.07 Å². The molecule has 0 saturated carbocycles. The molecule has 2 saturated heterocycles. The van der Waals surface area contributed by atoms with Gasteiger partial charge < -0.3 is 4.90 Å². The van der Waals surface area contributed by atoms with Crippen LogP contribution < -0.4 is 5.32 Å². The maximum Gasteiger partial charge on any atom is 0.255 e. The number of hydrogen-bond acceptors (Lipinski definition) is 7. The monoisotopic (exact) mass is 496 g/mol. The number of piperidine rings is 2. The molecule has 188 valence electrons. The number of pyridine rings is 1. The van der Waals surface area contributed by atoms with Crippen LogP contribution in [0.1, 0.15) is 58.9 Å². The summed E-state index contributed by atoms with van der Waals surface area (Å²) in [5, 5.41) is 2.35. The largest absolute Gasteiger partial charge is 0.322 e. The minimum atomic E-state index is -0.611. The van der Waals surface area contributed by atoms with Gasteiger partial charge in [0, 0.05) is 55.1 Å². The van der Waals surface area contributed by atoms with Crippen LogP contribution in [0.15, 0.2) is 55.0 Å². The smallest absolute Gasteiger partial charge is 0.255 e. The first-order valence-corrected chi connectivity index (χ1v) is 12.8. The van der Waals surface area contributed by atoms with E-state index in [4.69, 9.17) is 0 Å². The molecule has 6 rings (SSSR count). The zero-order valence-electron chi connectivity index (χ0n) is 20.5. The molecule has 0 radical (unpaired) electrons. The summed E-state index contributed by atoms with van der Waals surface area (Å²) in [6.07, 6.45) is 8.16. The van der Waals surface area contributed by atoms with Crippen LogP contribution in [0.25, 0.3) is 11.3 Å². The third-order valence-electron chi connectivity index (χ3n) is 7.59. The van der Waals surface area contributed by atoms with E-state index in [2.05, 4.69) is 37.3 Å². The molecule has 0 spiro atoms. The summed E-state index contributed by atoms with van der Waals surface area (Å²) in [5.41, 5.74) is 4.49. The van der Waals surface area contributed by atoms with Crippen LogP contribution in [0, 0.1) is 0 Å². The number of likely N-dealkylation sites (tertiary alicyclic amines) is 1. The van der Waals surface area contributed by atoms with Crippen LogP contribution in [0.3, 0.4) is 0 Å². The molecule has 2 aromatic heterocycles. The fraction of sp³-hybridized carbons (Fsp3) is 0.357. The third kappa shape index (κ3) is 4.74. The Kier molecular flexibility index (Phi) is 6.21. The van der Waals surface area contributed by atoms with Gasteiger partial charge in [0.1, 0.15) is 11.9 Å². The molecule has 2 fully saturated rings. The van der Waals surface area contributed by atoms with Gasteiger partial charge in [0.15, 0.2) is 0 Å². The van der Waals surface area contributed by atoms with Crippen LogP contribution in [0.4, 0.5) is 0 Å². The van der Waals surface area contributed by atoms with E-state index in [0.717, 1.165) is 55.1 Å². The molecule has 1 unspecified atom stereocenters. The predicted molar refractivity (Wildman–Crippen MR) is 135 cm³/mol. The van der Waals surface area contributed by atoms with E-state index in [9.17, 15) is 14.4 Å². The average molecular weight is 497 g/mol. The number of hydrogen-bond donors (Lipinski definition) is 1. The molecule has 9 heteroatoms. The second-order valence-corrected chi connectivity index (χ2v) is 9.98. The van der Waals surface area contributed by atoms with Gasteiger partial charge in [-0.05, 0) is 73.8 Å². The molecular weight excluding hydrogens is 468 g/mol. The number of benzene rings is 1. The molecule has 1 N–H and O–H groups in total. The lowest BCUT2D eigenvalue weighted by Gasteiger charge is -2.31.